The second kappa shape index (κ2) is 15.2. The number of aromatic nitrogens is 4. The Morgan fingerprint density at radius 2 is 1.90 bits per heavy atom. The van der Waals surface area contributed by atoms with E-state index in [1.807, 2.05) is 43.8 Å². The minimum atomic E-state index is -2.14. The van der Waals surface area contributed by atoms with Crippen LogP contribution in [-0.4, -0.2) is 66.6 Å². The molecule has 272 valence electrons. The number of carbonyl (C=O) groups is 1. The van der Waals surface area contributed by atoms with E-state index in [4.69, 9.17) is 24.0 Å². The zero-order valence-corrected chi connectivity index (χ0v) is 33.2. The van der Waals surface area contributed by atoms with Gasteiger partial charge >= 0.3 is 6.09 Å². The van der Waals surface area contributed by atoms with Gasteiger partial charge in [0.2, 0.25) is 5.95 Å². The van der Waals surface area contributed by atoms with Crippen LogP contribution in [0.15, 0.2) is 30.6 Å². The van der Waals surface area contributed by atoms with E-state index in [0.29, 0.717) is 48.6 Å². The smallest absolute Gasteiger partial charge is 0.414 e. The molecule has 1 aliphatic heterocycles. The number of carbonyl (C=O) groups excluding carboxylic acids is 1. The summed E-state index contributed by atoms with van der Waals surface area (Å²) < 4.78 is 19.8. The lowest BCUT2D eigenvalue weighted by molar-refractivity contribution is 0.0575. The number of ether oxygens (including phenoxy) is 2. The predicted octanol–water partition coefficient (Wildman–Crippen LogP) is 8.62. The highest BCUT2D eigenvalue weighted by Gasteiger charge is 2.47. The topological polar surface area (TPSA) is 127 Å². The summed E-state index contributed by atoms with van der Waals surface area (Å²) in [4.78, 5) is 24.7. The van der Waals surface area contributed by atoms with Crippen LogP contribution in [0.25, 0.3) is 11.3 Å². The summed E-state index contributed by atoms with van der Waals surface area (Å²) in [7, 11) is -0.435. The van der Waals surface area contributed by atoms with Gasteiger partial charge < -0.3 is 19.2 Å². The fraction of sp³-hybridized carbons (Fsp3) is 0.605. The van der Waals surface area contributed by atoms with E-state index in [1.54, 1.807) is 24.3 Å². The molecule has 12 heteroatoms. The van der Waals surface area contributed by atoms with Crippen LogP contribution in [0.1, 0.15) is 92.0 Å². The number of anilines is 3. The Labute approximate surface area is 299 Å². The summed E-state index contributed by atoms with van der Waals surface area (Å²) in [5.41, 5.74) is 3.75. The molecule has 4 rings (SSSR count). The number of rotatable bonds is 13. The molecule has 11 nitrogen and oxygen atoms in total. The van der Waals surface area contributed by atoms with E-state index in [-0.39, 0.29) is 5.04 Å². The Balaban J connectivity index is 1.75. The molecule has 1 atom stereocenters. The van der Waals surface area contributed by atoms with Crippen molar-refractivity contribution in [3.8, 4) is 17.3 Å². The van der Waals surface area contributed by atoms with Gasteiger partial charge in [-0.05, 0) is 87.8 Å². The number of nitrogens with one attached hydrogen (secondary N) is 1. The van der Waals surface area contributed by atoms with Gasteiger partial charge in [0.1, 0.15) is 11.7 Å². The predicted molar refractivity (Wildman–Crippen MR) is 201 cm³/mol. The molecule has 50 heavy (non-hydrogen) atoms. The van der Waals surface area contributed by atoms with Crippen molar-refractivity contribution < 1.29 is 18.7 Å². The van der Waals surface area contributed by atoms with E-state index in [9.17, 15) is 10.1 Å². The second-order valence-electron chi connectivity index (χ2n) is 16.6. The third-order valence-electron chi connectivity index (χ3n) is 9.56. The SMILES string of the molecule is COCCCn1cc(Nc2nccc(-c3cc(C#N)c4c(c3)[C@@](C)(CO[Si](C)(C)C(C)(C)C)CN4C(=O)OC(C)(C)C)n2)c(CCC(C)C)n1. The number of methoxy groups -OCH3 is 1. The lowest BCUT2D eigenvalue weighted by atomic mass is 9.83. The molecule has 3 heterocycles. The van der Waals surface area contributed by atoms with E-state index in [1.165, 1.54) is 0 Å². The summed E-state index contributed by atoms with van der Waals surface area (Å²) in [6.07, 6.45) is 5.93. The highest BCUT2D eigenvalue weighted by atomic mass is 28.4. The number of aryl methyl sites for hydroxylation is 2. The normalized spacial score (nSPS) is 16.4. The zero-order chi connectivity index (χ0) is 37.1. The first-order valence-electron chi connectivity index (χ1n) is 17.7. The van der Waals surface area contributed by atoms with Crippen LogP contribution in [0.5, 0.6) is 0 Å². The van der Waals surface area contributed by atoms with E-state index in [0.717, 1.165) is 48.3 Å². The monoisotopic (exact) mass is 703 g/mol. The van der Waals surface area contributed by atoms with Crippen LogP contribution in [0.2, 0.25) is 18.1 Å². The van der Waals surface area contributed by atoms with Crippen molar-refractivity contribution in [1.29, 1.82) is 5.26 Å². The molecule has 0 aliphatic carbocycles. The van der Waals surface area contributed by atoms with Crippen molar-refractivity contribution in [3.05, 3.63) is 47.4 Å². The van der Waals surface area contributed by atoms with Crippen molar-refractivity contribution in [3.63, 3.8) is 0 Å². The maximum absolute atomic E-state index is 13.6. The van der Waals surface area contributed by atoms with Crippen molar-refractivity contribution in [2.75, 3.05) is 37.1 Å². The Hall–Kier alpha value is -3.79. The van der Waals surface area contributed by atoms with Crippen molar-refractivity contribution >= 4 is 31.7 Å². The molecule has 0 unspecified atom stereocenters. The summed E-state index contributed by atoms with van der Waals surface area (Å²) >= 11 is 0. The fourth-order valence-electron chi connectivity index (χ4n) is 5.65. The summed E-state index contributed by atoms with van der Waals surface area (Å²) in [5.74, 6) is 0.975. The Morgan fingerprint density at radius 1 is 1.18 bits per heavy atom. The third-order valence-corrected chi connectivity index (χ3v) is 14.0. The molecular weight excluding hydrogens is 647 g/mol. The molecule has 3 aromatic rings. The van der Waals surface area contributed by atoms with Gasteiger partial charge in [0.15, 0.2) is 8.32 Å². The van der Waals surface area contributed by atoms with Crippen LogP contribution in [0.3, 0.4) is 0 Å². The van der Waals surface area contributed by atoms with Crippen LogP contribution in [-0.2, 0) is 32.3 Å². The van der Waals surface area contributed by atoms with Gasteiger partial charge in [0.05, 0.1) is 28.3 Å². The number of amides is 1. The molecular formula is C38H57N7O4Si. The highest BCUT2D eigenvalue weighted by Crippen LogP contribution is 2.47. The van der Waals surface area contributed by atoms with Crippen molar-refractivity contribution in [2.45, 2.75) is 117 Å². The lowest BCUT2D eigenvalue weighted by Crippen LogP contribution is -2.46. The largest absolute Gasteiger partial charge is 0.443 e. The standard InChI is InChI=1S/C38H57N7O4Si/c1-26(2)14-15-31-32(23-44(43-31)18-13-19-47-10)42-34-40-17-16-30(41-34)27-20-28(22-39)33-29(21-27)38(9,25-48-50(11,12)37(6,7)8)24-45(33)35(46)49-36(3,4)5/h16-17,20-21,23,26H,13-15,18-19,24-25H2,1-12H3,(H,40,41,42)/t38-/m1/s1. The Morgan fingerprint density at radius 3 is 2.52 bits per heavy atom. The van der Waals surface area contributed by atoms with E-state index >= 15 is 0 Å². The summed E-state index contributed by atoms with van der Waals surface area (Å²) in [5, 5.41) is 18.8. The molecule has 1 amide bonds. The number of hydrogen-bond donors (Lipinski definition) is 1. The van der Waals surface area contributed by atoms with Gasteiger partial charge in [-0.15, -0.1) is 0 Å². The number of nitrogens with zero attached hydrogens (tertiary/aromatic N) is 6. The van der Waals surface area contributed by atoms with Gasteiger partial charge in [-0.2, -0.15) is 10.4 Å². The number of nitriles is 1. The van der Waals surface area contributed by atoms with Gasteiger partial charge in [-0.1, -0.05) is 41.5 Å². The van der Waals surface area contributed by atoms with Gasteiger partial charge in [-0.25, -0.2) is 14.8 Å². The molecule has 2 aromatic heterocycles. The Kier molecular flexibility index (Phi) is 11.9. The first kappa shape index (κ1) is 39.0. The maximum Gasteiger partial charge on any atom is 0.414 e. The number of benzene rings is 1. The first-order chi connectivity index (χ1) is 23.3. The maximum atomic E-state index is 13.6. The molecule has 0 radical (unpaired) electrons. The molecule has 0 saturated heterocycles. The van der Waals surface area contributed by atoms with Crippen LogP contribution >= 0.6 is 0 Å². The first-order valence-corrected chi connectivity index (χ1v) is 20.6. The average Bonchev–Trinajstić information content (AvgIpc) is 3.55. The number of fused-ring (bicyclic) bond motifs is 1. The Bertz CT molecular complexity index is 1700. The fourth-order valence-corrected chi connectivity index (χ4v) is 6.76. The van der Waals surface area contributed by atoms with E-state index < -0.39 is 25.4 Å². The molecule has 1 aromatic carbocycles. The van der Waals surface area contributed by atoms with Crippen molar-refractivity contribution in [1.82, 2.24) is 19.7 Å². The average molecular weight is 704 g/mol. The lowest BCUT2D eigenvalue weighted by Gasteiger charge is -2.39. The minimum Gasteiger partial charge on any atom is -0.443 e. The van der Waals surface area contributed by atoms with E-state index in [2.05, 4.69) is 71.0 Å². The molecule has 1 aliphatic rings. The second-order valence-corrected chi connectivity index (χ2v) is 21.4. The van der Waals surface area contributed by atoms with Gasteiger partial charge in [0.25, 0.3) is 0 Å². The molecule has 0 bridgehead atoms. The molecule has 0 spiro atoms. The summed E-state index contributed by atoms with van der Waals surface area (Å²) in [6.45, 7) is 25.3. The van der Waals surface area contributed by atoms with Crippen molar-refractivity contribution in [2.24, 2.45) is 5.92 Å². The third kappa shape index (κ3) is 9.30. The number of hydrogen-bond acceptors (Lipinski definition) is 9. The molecule has 0 fully saturated rings. The van der Waals surface area contributed by atoms with Gasteiger partial charge in [-0.3, -0.25) is 9.58 Å². The highest BCUT2D eigenvalue weighted by molar-refractivity contribution is 6.74. The van der Waals surface area contributed by atoms with Gasteiger partial charge in [0, 0.05) is 56.8 Å². The molecule has 0 saturated carbocycles. The van der Waals surface area contributed by atoms with Crippen LogP contribution in [0.4, 0.5) is 22.1 Å². The van der Waals surface area contributed by atoms with Crippen LogP contribution in [0, 0.1) is 17.2 Å². The zero-order valence-electron chi connectivity index (χ0n) is 32.2. The summed E-state index contributed by atoms with van der Waals surface area (Å²) in [6, 6.07) is 8.05. The van der Waals surface area contributed by atoms with Crippen LogP contribution < -0.4 is 10.2 Å². The molecule has 1 N–H and O–H groups in total. The minimum absolute atomic E-state index is 0.00867. The quantitative estimate of drug-likeness (QED) is 0.137.